The first kappa shape index (κ1) is 30.0. The Labute approximate surface area is 228 Å². The number of aryl methyl sites for hydroxylation is 1. The van der Waals surface area contributed by atoms with E-state index in [2.05, 4.69) is 72.7 Å². The van der Waals surface area contributed by atoms with Crippen LogP contribution in [0.1, 0.15) is 109 Å². The summed E-state index contributed by atoms with van der Waals surface area (Å²) in [6.07, 6.45) is 6.76. The minimum Gasteiger partial charge on any atom is -0.496 e. The lowest BCUT2D eigenvalue weighted by Crippen LogP contribution is -2.33. The van der Waals surface area contributed by atoms with Crippen LogP contribution in [0.3, 0.4) is 0 Å². The molecule has 3 rings (SSSR count). The third kappa shape index (κ3) is 6.72. The zero-order valence-corrected chi connectivity index (χ0v) is 25.9. The van der Waals surface area contributed by atoms with E-state index >= 15 is 0 Å². The van der Waals surface area contributed by atoms with E-state index in [-0.39, 0.29) is 5.16 Å². The Hall–Kier alpha value is -1.57. The zero-order chi connectivity index (χ0) is 27.2. The molecule has 1 fully saturated rings. The molecule has 37 heavy (non-hydrogen) atoms. The van der Waals surface area contributed by atoms with Crippen LogP contribution < -0.4 is 14.8 Å². The van der Waals surface area contributed by atoms with Crippen LogP contribution in [0.4, 0.5) is 0 Å². The van der Waals surface area contributed by atoms with Crippen molar-refractivity contribution in [2.24, 2.45) is 5.92 Å². The topological polar surface area (TPSA) is 27.7 Å². The summed E-state index contributed by atoms with van der Waals surface area (Å²) in [6.45, 7) is 18.3. The van der Waals surface area contributed by atoms with Crippen LogP contribution in [0.5, 0.6) is 11.5 Å². The third-order valence-corrected chi connectivity index (χ3v) is 10.4. The molecule has 0 N–H and O–H groups in total. The minimum atomic E-state index is 0.146. The van der Waals surface area contributed by atoms with E-state index in [9.17, 15) is 0 Å². The highest BCUT2D eigenvalue weighted by atomic mass is 31.1. The molecule has 0 bridgehead atoms. The van der Waals surface area contributed by atoms with Gasteiger partial charge in [-0.25, -0.2) is 0 Å². The molecule has 0 aliphatic carbocycles. The Bertz CT molecular complexity index is 991. The number of rotatable bonds is 12. The summed E-state index contributed by atoms with van der Waals surface area (Å²) in [5.41, 5.74) is 7.04. The summed E-state index contributed by atoms with van der Waals surface area (Å²) in [5, 5.41) is 1.46. The number of methoxy groups -OCH3 is 2. The van der Waals surface area contributed by atoms with E-state index in [0.29, 0.717) is 26.3 Å². The Morgan fingerprint density at radius 2 is 1.43 bits per heavy atom. The van der Waals surface area contributed by atoms with Gasteiger partial charge in [0.25, 0.3) is 0 Å². The van der Waals surface area contributed by atoms with Crippen molar-refractivity contribution < 1.29 is 14.2 Å². The standard InChI is InChI=1S/C33H51O3P/c1-10-13-24-20-26(22(4)11-2)30(27(21-24)23(5)12-3)31-28(34-8)14-15-29(35-9)32(31)37-33(6,7)25-16-18-36-19-17-25/h14-15,20-23,25,37H,10-13,16-19H2,1-9H3. The van der Waals surface area contributed by atoms with Gasteiger partial charge in [-0.15, -0.1) is 0 Å². The lowest BCUT2D eigenvalue weighted by molar-refractivity contribution is 0.0573. The van der Waals surface area contributed by atoms with Gasteiger partial charge >= 0.3 is 0 Å². The van der Waals surface area contributed by atoms with Gasteiger partial charge in [-0.1, -0.05) is 75.6 Å². The summed E-state index contributed by atoms with van der Waals surface area (Å²) >= 11 is 0. The monoisotopic (exact) mass is 526 g/mol. The average Bonchev–Trinajstić information content (AvgIpc) is 2.92. The van der Waals surface area contributed by atoms with E-state index in [1.807, 2.05) is 14.2 Å². The summed E-state index contributed by atoms with van der Waals surface area (Å²) < 4.78 is 17.9. The predicted molar refractivity (Wildman–Crippen MR) is 162 cm³/mol. The second-order valence-corrected chi connectivity index (χ2v) is 13.5. The number of benzene rings is 2. The second-order valence-electron chi connectivity index (χ2n) is 11.5. The smallest absolute Gasteiger partial charge is 0.127 e. The van der Waals surface area contributed by atoms with Crippen LogP contribution in [0.15, 0.2) is 24.3 Å². The Kier molecular flexibility index (Phi) is 10.9. The molecule has 0 spiro atoms. The maximum Gasteiger partial charge on any atom is 0.127 e. The maximum atomic E-state index is 6.14. The summed E-state index contributed by atoms with van der Waals surface area (Å²) in [6, 6.07) is 9.22. The Morgan fingerprint density at radius 1 is 0.892 bits per heavy atom. The fourth-order valence-electron chi connectivity index (χ4n) is 5.81. The molecule has 3 atom stereocenters. The number of hydrogen-bond donors (Lipinski definition) is 0. The van der Waals surface area contributed by atoms with E-state index in [0.717, 1.165) is 63.2 Å². The molecule has 1 heterocycles. The van der Waals surface area contributed by atoms with Crippen molar-refractivity contribution in [1.82, 2.24) is 0 Å². The summed E-state index contributed by atoms with van der Waals surface area (Å²) in [5.74, 6) is 3.51. The molecule has 0 amide bonds. The maximum absolute atomic E-state index is 6.14. The van der Waals surface area contributed by atoms with E-state index < -0.39 is 0 Å². The fraction of sp³-hybridized carbons (Fsp3) is 0.636. The normalized spacial score (nSPS) is 16.8. The quantitative estimate of drug-likeness (QED) is 0.259. The van der Waals surface area contributed by atoms with Gasteiger partial charge in [-0.05, 0) is 89.4 Å². The van der Waals surface area contributed by atoms with Crippen LogP contribution in [-0.2, 0) is 11.2 Å². The molecule has 0 saturated carbocycles. The molecule has 0 radical (unpaired) electrons. The van der Waals surface area contributed by atoms with Gasteiger partial charge in [0.1, 0.15) is 11.5 Å². The molecule has 2 aromatic carbocycles. The van der Waals surface area contributed by atoms with Gasteiger partial charge < -0.3 is 14.2 Å². The highest BCUT2D eigenvalue weighted by molar-refractivity contribution is 7.49. The molecular formula is C33H51O3P. The lowest BCUT2D eigenvalue weighted by atomic mass is 9.80. The van der Waals surface area contributed by atoms with Gasteiger partial charge in [0, 0.05) is 24.1 Å². The molecule has 1 aliphatic rings. The van der Waals surface area contributed by atoms with Gasteiger partial charge in [0.2, 0.25) is 0 Å². The molecule has 1 saturated heterocycles. The molecular weight excluding hydrogens is 475 g/mol. The van der Waals surface area contributed by atoms with E-state index in [1.165, 1.54) is 33.1 Å². The summed E-state index contributed by atoms with van der Waals surface area (Å²) in [7, 11) is 4.24. The highest BCUT2D eigenvalue weighted by Crippen LogP contribution is 2.50. The average molecular weight is 527 g/mol. The molecule has 1 aliphatic heterocycles. The molecule has 206 valence electrons. The first-order valence-electron chi connectivity index (χ1n) is 14.5. The van der Waals surface area contributed by atoms with Crippen molar-refractivity contribution in [2.75, 3.05) is 27.4 Å². The van der Waals surface area contributed by atoms with Gasteiger partial charge in [0.15, 0.2) is 0 Å². The Morgan fingerprint density at radius 3 is 1.92 bits per heavy atom. The first-order valence-corrected chi connectivity index (χ1v) is 15.5. The Balaban J connectivity index is 2.36. The zero-order valence-electron chi connectivity index (χ0n) is 24.9. The van der Waals surface area contributed by atoms with Crippen molar-refractivity contribution in [1.29, 1.82) is 0 Å². The fourth-order valence-corrected chi connectivity index (χ4v) is 7.63. The molecule has 3 nitrogen and oxygen atoms in total. The molecule has 4 heteroatoms. The molecule has 0 aromatic heterocycles. The second kappa shape index (κ2) is 13.5. The third-order valence-electron chi connectivity index (χ3n) is 8.59. The lowest BCUT2D eigenvalue weighted by Gasteiger charge is -2.38. The predicted octanol–water partition coefficient (Wildman–Crippen LogP) is 8.86. The van der Waals surface area contributed by atoms with Gasteiger partial charge in [-0.3, -0.25) is 0 Å². The van der Waals surface area contributed by atoms with Crippen molar-refractivity contribution in [3.05, 3.63) is 41.0 Å². The van der Waals surface area contributed by atoms with Crippen LogP contribution in [0.2, 0.25) is 0 Å². The number of hydrogen-bond acceptors (Lipinski definition) is 3. The minimum absolute atomic E-state index is 0.146. The van der Waals surface area contributed by atoms with Gasteiger partial charge in [0.05, 0.1) is 14.2 Å². The summed E-state index contributed by atoms with van der Waals surface area (Å²) in [4.78, 5) is 0. The van der Waals surface area contributed by atoms with Crippen molar-refractivity contribution >= 4 is 13.9 Å². The van der Waals surface area contributed by atoms with Crippen LogP contribution in [0, 0.1) is 5.92 Å². The largest absolute Gasteiger partial charge is 0.496 e. The number of ether oxygens (including phenoxy) is 3. The van der Waals surface area contributed by atoms with Crippen molar-refractivity contribution in [3.63, 3.8) is 0 Å². The first-order chi connectivity index (χ1) is 17.7. The van der Waals surface area contributed by atoms with Crippen molar-refractivity contribution in [2.45, 2.75) is 104 Å². The van der Waals surface area contributed by atoms with Gasteiger partial charge in [-0.2, -0.15) is 0 Å². The highest BCUT2D eigenvalue weighted by Gasteiger charge is 2.35. The van der Waals surface area contributed by atoms with Crippen LogP contribution in [-0.4, -0.2) is 32.6 Å². The molecule has 2 aromatic rings. The molecule has 3 unspecified atom stereocenters. The van der Waals surface area contributed by atoms with Crippen LogP contribution in [0.25, 0.3) is 11.1 Å². The van der Waals surface area contributed by atoms with E-state index in [4.69, 9.17) is 14.2 Å². The SMILES string of the molecule is CCCc1cc(C(C)CC)c(-c2c(OC)ccc(OC)c2PC(C)(C)C2CCOCC2)c(C(C)CC)c1. The van der Waals surface area contributed by atoms with Crippen LogP contribution >= 0.6 is 8.58 Å². The van der Waals surface area contributed by atoms with Crippen molar-refractivity contribution in [3.8, 4) is 22.6 Å². The van der Waals surface area contributed by atoms with E-state index in [1.54, 1.807) is 0 Å².